The second kappa shape index (κ2) is 7.93. The molecule has 0 unspecified atom stereocenters. The Bertz CT molecular complexity index is 509. The minimum Gasteiger partial charge on any atom is -0.379 e. The molecule has 4 heteroatoms. The van der Waals surface area contributed by atoms with E-state index in [0.29, 0.717) is 6.04 Å². The summed E-state index contributed by atoms with van der Waals surface area (Å²) < 4.78 is 5.41. The van der Waals surface area contributed by atoms with Crippen LogP contribution in [-0.2, 0) is 4.74 Å². The van der Waals surface area contributed by atoms with Gasteiger partial charge in [0.1, 0.15) is 0 Å². The zero-order chi connectivity index (χ0) is 16.1. The summed E-state index contributed by atoms with van der Waals surface area (Å²) in [4.78, 5) is 17.4. The highest BCUT2D eigenvalue weighted by atomic mass is 16.5. The highest BCUT2D eigenvalue weighted by Gasteiger charge is 2.27. The molecule has 2 fully saturated rings. The monoisotopic (exact) mass is 316 g/mol. The van der Waals surface area contributed by atoms with Crippen LogP contribution in [0.1, 0.15) is 41.6 Å². The molecule has 0 spiro atoms. The lowest BCUT2D eigenvalue weighted by Crippen LogP contribution is -2.46. The molecule has 3 rings (SSSR count). The molecule has 0 saturated carbocycles. The Labute approximate surface area is 139 Å². The third kappa shape index (κ3) is 4.33. The first-order chi connectivity index (χ1) is 11.2. The second-order valence-corrected chi connectivity index (χ2v) is 6.76. The van der Waals surface area contributed by atoms with Crippen LogP contribution in [-0.4, -0.2) is 61.1 Å². The van der Waals surface area contributed by atoms with Gasteiger partial charge in [-0.15, -0.1) is 0 Å². The summed E-state index contributed by atoms with van der Waals surface area (Å²) in [5, 5.41) is 0. The van der Waals surface area contributed by atoms with Gasteiger partial charge in [0.2, 0.25) is 0 Å². The molecular formula is C19H28N2O2. The third-order valence-electron chi connectivity index (χ3n) is 5.07. The molecule has 2 heterocycles. The van der Waals surface area contributed by atoms with E-state index in [-0.39, 0.29) is 5.91 Å². The number of hydrogen-bond acceptors (Lipinski definition) is 3. The Morgan fingerprint density at radius 1 is 1.13 bits per heavy atom. The topological polar surface area (TPSA) is 32.8 Å². The minimum absolute atomic E-state index is 0.205. The number of ether oxygens (including phenoxy) is 1. The fourth-order valence-corrected chi connectivity index (χ4v) is 3.59. The van der Waals surface area contributed by atoms with Crippen LogP contribution >= 0.6 is 0 Å². The maximum atomic E-state index is 12.9. The lowest BCUT2D eigenvalue weighted by atomic mass is 9.97. The van der Waals surface area contributed by atoms with Crippen molar-refractivity contribution in [1.82, 2.24) is 9.80 Å². The predicted molar refractivity (Wildman–Crippen MR) is 91.7 cm³/mol. The van der Waals surface area contributed by atoms with E-state index in [4.69, 9.17) is 4.74 Å². The highest BCUT2D eigenvalue weighted by Crippen LogP contribution is 2.22. The zero-order valence-corrected chi connectivity index (χ0v) is 14.2. The zero-order valence-electron chi connectivity index (χ0n) is 14.2. The van der Waals surface area contributed by atoms with Crippen molar-refractivity contribution in [3.05, 3.63) is 35.4 Å². The molecule has 0 aliphatic carbocycles. The Balaban J connectivity index is 1.61. The molecule has 1 aromatic carbocycles. The van der Waals surface area contributed by atoms with Gasteiger partial charge in [0.15, 0.2) is 0 Å². The fraction of sp³-hybridized carbons (Fsp3) is 0.632. The SMILES string of the molecule is Cc1ccc(C(=O)N2CCCC[C@@H]2CCN2CCOCC2)cc1. The van der Waals surface area contributed by atoms with E-state index in [0.717, 1.165) is 64.2 Å². The van der Waals surface area contributed by atoms with E-state index < -0.39 is 0 Å². The lowest BCUT2D eigenvalue weighted by Gasteiger charge is -2.37. The molecule has 2 aliphatic heterocycles. The number of piperidine rings is 1. The van der Waals surface area contributed by atoms with Crippen LogP contribution in [0.25, 0.3) is 0 Å². The number of aryl methyl sites for hydroxylation is 1. The molecule has 2 saturated heterocycles. The summed E-state index contributed by atoms with van der Waals surface area (Å²) in [6.45, 7) is 7.77. The van der Waals surface area contributed by atoms with Crippen molar-refractivity contribution in [3.8, 4) is 0 Å². The molecule has 0 aromatic heterocycles. The van der Waals surface area contributed by atoms with Gasteiger partial charge in [0.05, 0.1) is 13.2 Å². The van der Waals surface area contributed by atoms with Gasteiger partial charge >= 0.3 is 0 Å². The number of amides is 1. The maximum Gasteiger partial charge on any atom is 0.254 e. The van der Waals surface area contributed by atoms with Crippen molar-refractivity contribution in [2.75, 3.05) is 39.4 Å². The number of rotatable bonds is 4. The average Bonchev–Trinajstić information content (AvgIpc) is 2.61. The van der Waals surface area contributed by atoms with E-state index in [1.165, 1.54) is 12.0 Å². The third-order valence-corrected chi connectivity index (χ3v) is 5.07. The van der Waals surface area contributed by atoms with Crippen molar-refractivity contribution >= 4 is 5.91 Å². The molecule has 2 aliphatic rings. The van der Waals surface area contributed by atoms with Crippen molar-refractivity contribution in [2.45, 2.75) is 38.6 Å². The standard InChI is InChI=1S/C19H28N2O2/c1-16-5-7-17(8-6-16)19(22)21-10-3-2-4-18(21)9-11-20-12-14-23-15-13-20/h5-8,18H,2-4,9-15H2,1H3/t18-/m1/s1. The normalized spacial score (nSPS) is 23.0. The smallest absolute Gasteiger partial charge is 0.254 e. The van der Waals surface area contributed by atoms with E-state index >= 15 is 0 Å². The molecule has 23 heavy (non-hydrogen) atoms. The van der Waals surface area contributed by atoms with Crippen LogP contribution in [0.2, 0.25) is 0 Å². The van der Waals surface area contributed by atoms with Crippen LogP contribution in [0.15, 0.2) is 24.3 Å². The van der Waals surface area contributed by atoms with Gasteiger partial charge in [-0.1, -0.05) is 17.7 Å². The first-order valence-corrected chi connectivity index (χ1v) is 8.92. The van der Waals surface area contributed by atoms with Crippen LogP contribution in [0.3, 0.4) is 0 Å². The fourth-order valence-electron chi connectivity index (χ4n) is 3.59. The average molecular weight is 316 g/mol. The van der Waals surface area contributed by atoms with Crippen molar-refractivity contribution in [2.24, 2.45) is 0 Å². The van der Waals surface area contributed by atoms with Crippen molar-refractivity contribution in [1.29, 1.82) is 0 Å². The first kappa shape index (κ1) is 16.5. The maximum absolute atomic E-state index is 12.9. The molecular weight excluding hydrogens is 288 g/mol. The van der Waals surface area contributed by atoms with E-state index in [9.17, 15) is 4.79 Å². The summed E-state index contributed by atoms with van der Waals surface area (Å²) >= 11 is 0. The number of morpholine rings is 1. The largest absolute Gasteiger partial charge is 0.379 e. The number of carbonyl (C=O) groups excluding carboxylic acids is 1. The van der Waals surface area contributed by atoms with Crippen LogP contribution < -0.4 is 0 Å². The van der Waals surface area contributed by atoms with E-state index in [1.54, 1.807) is 0 Å². The molecule has 0 bridgehead atoms. The van der Waals surface area contributed by atoms with E-state index in [2.05, 4.69) is 16.7 Å². The number of nitrogens with zero attached hydrogens (tertiary/aromatic N) is 2. The summed E-state index contributed by atoms with van der Waals surface area (Å²) in [7, 11) is 0. The summed E-state index contributed by atoms with van der Waals surface area (Å²) in [6, 6.07) is 8.37. The predicted octanol–water partition coefficient (Wildman–Crippen LogP) is 2.71. The Kier molecular flexibility index (Phi) is 5.68. The molecule has 1 amide bonds. The Morgan fingerprint density at radius 2 is 1.87 bits per heavy atom. The Hall–Kier alpha value is -1.39. The summed E-state index contributed by atoms with van der Waals surface area (Å²) in [5.41, 5.74) is 2.03. The van der Waals surface area contributed by atoms with Crippen LogP contribution in [0.4, 0.5) is 0 Å². The number of benzene rings is 1. The summed E-state index contributed by atoms with van der Waals surface area (Å²) in [6.07, 6.45) is 4.59. The molecule has 126 valence electrons. The first-order valence-electron chi connectivity index (χ1n) is 8.92. The van der Waals surface area contributed by atoms with Gasteiger partial charge in [-0.25, -0.2) is 0 Å². The molecule has 1 atom stereocenters. The lowest BCUT2D eigenvalue weighted by molar-refractivity contribution is 0.0295. The number of hydrogen-bond donors (Lipinski definition) is 0. The van der Waals surface area contributed by atoms with Crippen molar-refractivity contribution < 1.29 is 9.53 Å². The number of likely N-dealkylation sites (tertiary alicyclic amines) is 1. The highest BCUT2D eigenvalue weighted by molar-refractivity contribution is 5.94. The molecule has 4 nitrogen and oxygen atoms in total. The van der Waals surface area contributed by atoms with Gasteiger partial charge in [-0.2, -0.15) is 0 Å². The van der Waals surface area contributed by atoms with Crippen molar-refractivity contribution in [3.63, 3.8) is 0 Å². The van der Waals surface area contributed by atoms with Crippen LogP contribution in [0.5, 0.6) is 0 Å². The molecule has 0 radical (unpaired) electrons. The van der Waals surface area contributed by atoms with Gasteiger partial charge in [-0.3, -0.25) is 9.69 Å². The minimum atomic E-state index is 0.205. The Morgan fingerprint density at radius 3 is 2.61 bits per heavy atom. The quantitative estimate of drug-likeness (QED) is 0.856. The van der Waals surface area contributed by atoms with Gasteiger partial charge in [0.25, 0.3) is 5.91 Å². The van der Waals surface area contributed by atoms with Gasteiger partial charge in [0, 0.05) is 37.8 Å². The number of carbonyl (C=O) groups is 1. The van der Waals surface area contributed by atoms with E-state index in [1.807, 2.05) is 24.3 Å². The molecule has 1 aromatic rings. The van der Waals surface area contributed by atoms with Crippen LogP contribution in [0, 0.1) is 6.92 Å². The van der Waals surface area contributed by atoms with Gasteiger partial charge in [-0.05, 0) is 44.7 Å². The molecule has 0 N–H and O–H groups in total. The van der Waals surface area contributed by atoms with Gasteiger partial charge < -0.3 is 9.64 Å². The summed E-state index contributed by atoms with van der Waals surface area (Å²) in [5.74, 6) is 0.205. The second-order valence-electron chi connectivity index (χ2n) is 6.76.